The van der Waals surface area contributed by atoms with Crippen molar-refractivity contribution in [3.05, 3.63) is 34.4 Å². The molecule has 1 aromatic rings. The highest BCUT2D eigenvalue weighted by Crippen LogP contribution is 2.70. The van der Waals surface area contributed by atoms with Crippen LogP contribution in [0.1, 0.15) is 96.0 Å². The zero-order chi connectivity index (χ0) is 25.8. The molecular weight excluding hydrogens is 466 g/mol. The predicted octanol–water partition coefficient (Wildman–Crippen LogP) is 4.30. The highest BCUT2D eigenvalue weighted by atomic mass is 16.4. The summed E-state index contributed by atoms with van der Waals surface area (Å²) in [6.07, 6.45) is 13.0. The lowest BCUT2D eigenvalue weighted by atomic mass is 9.43. The molecule has 4 N–H and O–H groups in total. The quantitative estimate of drug-likeness (QED) is 0.485. The monoisotopic (exact) mass is 511 g/mol. The van der Waals surface area contributed by atoms with Crippen molar-refractivity contribution in [2.45, 2.75) is 108 Å². The van der Waals surface area contributed by atoms with Crippen molar-refractivity contribution in [1.82, 2.24) is 16.0 Å². The average Bonchev–Trinajstić information content (AvgIpc) is 3.16. The van der Waals surface area contributed by atoms with E-state index in [0.29, 0.717) is 17.8 Å². The fraction of sp³-hybridized carbons (Fsp3) is 0.800. The molecule has 1 aliphatic heterocycles. The van der Waals surface area contributed by atoms with Crippen LogP contribution < -0.4 is 21.6 Å². The summed E-state index contributed by atoms with van der Waals surface area (Å²) in [7, 11) is 0. The van der Waals surface area contributed by atoms with E-state index in [2.05, 4.69) is 29.8 Å². The summed E-state index contributed by atoms with van der Waals surface area (Å²) in [5.74, 6) is 1.68. The second-order valence-electron chi connectivity index (χ2n) is 13.5. The number of amides is 2. The van der Waals surface area contributed by atoms with Crippen LogP contribution in [0.4, 0.5) is 4.79 Å². The van der Waals surface area contributed by atoms with Crippen LogP contribution in [0.15, 0.2) is 27.6 Å². The molecule has 5 aliphatic rings. The van der Waals surface area contributed by atoms with E-state index in [4.69, 9.17) is 4.42 Å². The summed E-state index contributed by atoms with van der Waals surface area (Å²) in [6, 6.07) is 3.97. The number of hydrogen-bond acceptors (Lipinski definition) is 5. The van der Waals surface area contributed by atoms with E-state index in [9.17, 15) is 14.7 Å². The number of aliphatic hydroxyl groups is 1. The Morgan fingerprint density at radius 1 is 0.946 bits per heavy atom. The minimum atomic E-state index is -0.672. The van der Waals surface area contributed by atoms with Crippen molar-refractivity contribution in [2.24, 2.45) is 28.6 Å². The fourth-order valence-corrected chi connectivity index (χ4v) is 9.84. The molecule has 8 atom stereocenters. The number of piperidine rings is 1. The normalized spacial score (nSPS) is 43.8. The maximum Gasteiger partial charge on any atom is 0.335 e. The van der Waals surface area contributed by atoms with Gasteiger partial charge in [0.1, 0.15) is 0 Å². The van der Waals surface area contributed by atoms with Gasteiger partial charge in [0.25, 0.3) is 0 Å². The van der Waals surface area contributed by atoms with Crippen LogP contribution in [-0.4, -0.2) is 41.9 Å². The van der Waals surface area contributed by atoms with Crippen LogP contribution in [0.5, 0.6) is 0 Å². The van der Waals surface area contributed by atoms with Crippen LogP contribution in [0.3, 0.4) is 0 Å². The Hall–Kier alpha value is -1.86. The Morgan fingerprint density at radius 3 is 2.49 bits per heavy atom. The Morgan fingerprint density at radius 2 is 1.73 bits per heavy atom. The van der Waals surface area contributed by atoms with Gasteiger partial charge in [-0.2, -0.15) is 0 Å². The molecule has 0 radical (unpaired) electrons. The number of fused-ring (bicyclic) bond motifs is 5. The summed E-state index contributed by atoms with van der Waals surface area (Å²) in [4.78, 5) is 24.3. The van der Waals surface area contributed by atoms with Crippen molar-refractivity contribution in [2.75, 3.05) is 13.1 Å². The van der Waals surface area contributed by atoms with Gasteiger partial charge in [-0.15, -0.1) is 0 Å². The van der Waals surface area contributed by atoms with E-state index >= 15 is 0 Å². The van der Waals surface area contributed by atoms with Crippen LogP contribution in [-0.2, 0) is 0 Å². The number of carbonyl (C=O) groups is 1. The van der Waals surface area contributed by atoms with Gasteiger partial charge in [-0.25, -0.2) is 9.59 Å². The zero-order valence-electron chi connectivity index (χ0n) is 22.6. The van der Waals surface area contributed by atoms with Crippen LogP contribution in [0, 0.1) is 28.6 Å². The summed E-state index contributed by atoms with van der Waals surface area (Å²) >= 11 is 0. The van der Waals surface area contributed by atoms with E-state index in [-0.39, 0.29) is 40.5 Å². The first-order chi connectivity index (χ1) is 17.7. The molecule has 1 aromatic heterocycles. The molecule has 6 rings (SSSR count). The van der Waals surface area contributed by atoms with Gasteiger partial charge in [-0.3, -0.25) is 0 Å². The van der Waals surface area contributed by atoms with E-state index in [0.717, 1.165) is 89.3 Å². The molecule has 7 heteroatoms. The number of hydrogen-bond donors (Lipinski definition) is 4. The number of carbonyl (C=O) groups excluding carboxylic acids is 1. The maximum atomic E-state index is 12.7. The molecule has 2 heterocycles. The number of rotatable bonds is 3. The second-order valence-corrected chi connectivity index (χ2v) is 13.5. The molecule has 0 bridgehead atoms. The molecule has 4 aliphatic carbocycles. The smallest absolute Gasteiger partial charge is 0.335 e. The Kier molecular flexibility index (Phi) is 6.46. The third kappa shape index (κ3) is 4.15. The molecule has 0 spiro atoms. The summed E-state index contributed by atoms with van der Waals surface area (Å²) in [5.41, 5.74) is 0.107. The lowest BCUT2D eigenvalue weighted by Crippen LogP contribution is -2.62. The van der Waals surface area contributed by atoms with Gasteiger partial charge in [0.2, 0.25) is 0 Å². The largest absolute Gasteiger partial charge is 0.431 e. The topological polar surface area (TPSA) is 104 Å². The maximum absolute atomic E-state index is 12.7. The predicted molar refractivity (Wildman–Crippen MR) is 142 cm³/mol. The Bertz CT molecular complexity index is 1050. The molecule has 5 fully saturated rings. The molecule has 4 saturated carbocycles. The third-order valence-electron chi connectivity index (χ3n) is 12.0. The van der Waals surface area contributed by atoms with Gasteiger partial charge in [0.15, 0.2) is 0 Å². The van der Waals surface area contributed by atoms with Crippen molar-refractivity contribution >= 4 is 6.03 Å². The van der Waals surface area contributed by atoms with E-state index < -0.39 is 5.60 Å². The van der Waals surface area contributed by atoms with Gasteiger partial charge >= 0.3 is 11.7 Å². The highest BCUT2D eigenvalue weighted by molar-refractivity contribution is 5.74. The van der Waals surface area contributed by atoms with Crippen molar-refractivity contribution in [3.63, 3.8) is 0 Å². The minimum Gasteiger partial charge on any atom is -0.431 e. The van der Waals surface area contributed by atoms with Crippen molar-refractivity contribution in [1.29, 1.82) is 0 Å². The summed E-state index contributed by atoms with van der Waals surface area (Å²) < 4.78 is 5.23. The molecule has 37 heavy (non-hydrogen) atoms. The van der Waals surface area contributed by atoms with E-state index in [1.54, 1.807) is 6.26 Å². The Labute approximate surface area is 220 Å². The first kappa shape index (κ1) is 25.4. The summed E-state index contributed by atoms with van der Waals surface area (Å²) in [5, 5.41) is 22.3. The van der Waals surface area contributed by atoms with E-state index in [1.807, 2.05) is 6.07 Å². The number of urea groups is 1. The average molecular weight is 512 g/mol. The molecular formula is C30H45N3O4. The summed E-state index contributed by atoms with van der Waals surface area (Å²) in [6.45, 7) is 6.74. The first-order valence-electron chi connectivity index (χ1n) is 14.8. The molecule has 0 aromatic carbocycles. The van der Waals surface area contributed by atoms with Crippen LogP contribution in [0.25, 0.3) is 0 Å². The Balaban J connectivity index is 1.14. The van der Waals surface area contributed by atoms with Crippen molar-refractivity contribution < 1.29 is 14.3 Å². The van der Waals surface area contributed by atoms with Crippen LogP contribution >= 0.6 is 0 Å². The molecule has 204 valence electrons. The molecule has 7 nitrogen and oxygen atoms in total. The molecule has 2 amide bonds. The van der Waals surface area contributed by atoms with Gasteiger partial charge in [-0.05, 0) is 124 Å². The lowest BCUT2D eigenvalue weighted by molar-refractivity contribution is -0.201. The first-order valence-corrected chi connectivity index (χ1v) is 14.8. The van der Waals surface area contributed by atoms with Gasteiger partial charge in [0, 0.05) is 23.6 Å². The second kappa shape index (κ2) is 9.41. The lowest BCUT2D eigenvalue weighted by Gasteiger charge is -2.63. The minimum absolute atomic E-state index is 0.00526. The number of nitrogens with one attached hydrogen (secondary N) is 3. The third-order valence-corrected chi connectivity index (χ3v) is 12.0. The van der Waals surface area contributed by atoms with Gasteiger partial charge in [-0.1, -0.05) is 13.8 Å². The molecule has 1 unspecified atom stereocenters. The zero-order valence-corrected chi connectivity index (χ0v) is 22.6. The van der Waals surface area contributed by atoms with Crippen LogP contribution in [0.2, 0.25) is 0 Å². The highest BCUT2D eigenvalue weighted by Gasteiger charge is 2.67. The fourth-order valence-electron chi connectivity index (χ4n) is 9.84. The van der Waals surface area contributed by atoms with Gasteiger partial charge in [0.05, 0.1) is 11.9 Å². The van der Waals surface area contributed by atoms with Gasteiger partial charge < -0.3 is 25.5 Å². The van der Waals surface area contributed by atoms with E-state index in [1.165, 1.54) is 6.07 Å². The SMILES string of the molecule is CC12CC[C@H]3[C@@H](CC[C@@H]4C[C@@H](NC(=O)NC5CCNCC5)CC[C@@]43C)[C@@]1(O)CC[C@@H]2c1ccc(=O)oc1. The van der Waals surface area contributed by atoms with Crippen molar-refractivity contribution in [3.8, 4) is 0 Å². The standard InChI is InChI=1S/C30H45N3O4/c1-28-12-7-22(33-27(35)32-21-10-15-31-16-11-21)17-20(28)4-5-25-24(28)8-13-29(2)23(9-14-30(25,29)36)19-3-6-26(34)37-18-19/h3,6,18,20-25,31,36H,4-5,7-17H2,1-2H3,(H2,32,33,35)/t20-,22+,23-,24+,25-,28+,29?,30+/m1/s1. The molecule has 1 saturated heterocycles.